The topological polar surface area (TPSA) is 89.0 Å². The first-order valence-corrected chi connectivity index (χ1v) is 8.39. The number of rotatable bonds is 8. The zero-order valence-corrected chi connectivity index (χ0v) is 15.6. The molecule has 0 aliphatic rings. The lowest BCUT2D eigenvalue weighted by Crippen LogP contribution is -2.26. The molecule has 0 heterocycles. The van der Waals surface area contributed by atoms with Gasteiger partial charge in [-0.25, -0.2) is 5.43 Å². The lowest BCUT2D eigenvalue weighted by atomic mass is 10.2. The van der Waals surface area contributed by atoms with Gasteiger partial charge in [0.25, 0.3) is 5.91 Å². The molecule has 0 aliphatic heterocycles. The van der Waals surface area contributed by atoms with Crippen LogP contribution in [0.2, 0.25) is 0 Å². The van der Waals surface area contributed by atoms with Crippen LogP contribution in [0.5, 0.6) is 11.5 Å². The standard InChI is InChI=1S/C20H23N3O4/c1-14(22-23-20(25)15-8-10-17(26-2)11-9-15)12-19(24)21-13-16-6-4-5-7-18(16)27-3/h4-11H,12-13H2,1-3H3,(H,21,24)(H,23,25). The van der Waals surface area contributed by atoms with Crippen molar-refractivity contribution in [3.63, 3.8) is 0 Å². The molecule has 0 aromatic heterocycles. The molecule has 2 amide bonds. The van der Waals surface area contributed by atoms with Crippen LogP contribution in [0.4, 0.5) is 0 Å². The Balaban J connectivity index is 1.83. The number of hydrogen-bond acceptors (Lipinski definition) is 5. The molecule has 0 atom stereocenters. The maximum absolute atomic E-state index is 12.1. The third kappa shape index (κ3) is 6.14. The van der Waals surface area contributed by atoms with Crippen LogP contribution in [0, 0.1) is 0 Å². The van der Waals surface area contributed by atoms with Crippen molar-refractivity contribution in [2.75, 3.05) is 14.2 Å². The quantitative estimate of drug-likeness (QED) is 0.553. The minimum Gasteiger partial charge on any atom is -0.497 e. The molecule has 7 nitrogen and oxygen atoms in total. The molecule has 0 spiro atoms. The molecule has 7 heteroatoms. The van der Waals surface area contributed by atoms with Gasteiger partial charge < -0.3 is 14.8 Å². The largest absolute Gasteiger partial charge is 0.497 e. The molecule has 2 aromatic rings. The summed E-state index contributed by atoms with van der Waals surface area (Å²) < 4.78 is 10.3. The van der Waals surface area contributed by atoms with E-state index in [1.807, 2.05) is 24.3 Å². The molecule has 2 N–H and O–H groups in total. The Morgan fingerprint density at radius 2 is 1.70 bits per heavy atom. The van der Waals surface area contributed by atoms with E-state index in [0.717, 1.165) is 11.3 Å². The fraction of sp³-hybridized carbons (Fsp3) is 0.250. The Kier molecular flexibility index (Phi) is 7.37. The number of carbonyl (C=O) groups is 2. The monoisotopic (exact) mass is 369 g/mol. The second-order valence-electron chi connectivity index (χ2n) is 5.78. The first-order valence-electron chi connectivity index (χ1n) is 8.39. The van der Waals surface area contributed by atoms with Crippen LogP contribution in [0.25, 0.3) is 0 Å². The van der Waals surface area contributed by atoms with Gasteiger partial charge in [-0.1, -0.05) is 18.2 Å². The van der Waals surface area contributed by atoms with Gasteiger partial charge >= 0.3 is 0 Å². The highest BCUT2D eigenvalue weighted by atomic mass is 16.5. The molecule has 0 saturated heterocycles. The second-order valence-corrected chi connectivity index (χ2v) is 5.78. The van der Waals surface area contributed by atoms with Gasteiger partial charge in [-0.05, 0) is 37.3 Å². The summed E-state index contributed by atoms with van der Waals surface area (Å²) in [4.78, 5) is 24.1. The van der Waals surface area contributed by atoms with E-state index in [1.165, 1.54) is 0 Å². The predicted molar refractivity (Wildman–Crippen MR) is 103 cm³/mol. The van der Waals surface area contributed by atoms with Gasteiger partial charge in [0.05, 0.1) is 20.6 Å². The minimum atomic E-state index is -0.355. The highest BCUT2D eigenvalue weighted by molar-refractivity contribution is 6.01. The first kappa shape index (κ1) is 20.0. The normalized spacial score (nSPS) is 10.9. The van der Waals surface area contributed by atoms with Gasteiger partial charge in [-0.2, -0.15) is 5.10 Å². The van der Waals surface area contributed by atoms with Crippen molar-refractivity contribution >= 4 is 17.5 Å². The van der Waals surface area contributed by atoms with Crippen molar-refractivity contribution in [3.05, 3.63) is 59.7 Å². The van der Waals surface area contributed by atoms with Crippen molar-refractivity contribution in [1.82, 2.24) is 10.7 Å². The molecule has 0 fully saturated rings. The van der Waals surface area contributed by atoms with Gasteiger partial charge in [0.2, 0.25) is 5.91 Å². The summed E-state index contributed by atoms with van der Waals surface area (Å²) in [5, 5.41) is 6.78. The van der Waals surface area contributed by atoms with E-state index in [-0.39, 0.29) is 18.2 Å². The van der Waals surface area contributed by atoms with Crippen LogP contribution in [-0.2, 0) is 11.3 Å². The summed E-state index contributed by atoms with van der Waals surface area (Å²) >= 11 is 0. The van der Waals surface area contributed by atoms with E-state index in [4.69, 9.17) is 9.47 Å². The summed E-state index contributed by atoms with van der Waals surface area (Å²) in [5.41, 5.74) is 4.27. The zero-order valence-electron chi connectivity index (χ0n) is 15.6. The van der Waals surface area contributed by atoms with Gasteiger partial charge in [-0.15, -0.1) is 0 Å². The van der Waals surface area contributed by atoms with Crippen molar-refractivity contribution in [1.29, 1.82) is 0 Å². The molecular formula is C20H23N3O4. The number of hydrogen-bond donors (Lipinski definition) is 2. The highest BCUT2D eigenvalue weighted by Gasteiger charge is 2.08. The Hall–Kier alpha value is -3.35. The van der Waals surface area contributed by atoms with Crippen LogP contribution in [-0.4, -0.2) is 31.7 Å². The number of benzene rings is 2. The van der Waals surface area contributed by atoms with E-state index >= 15 is 0 Å². The molecule has 0 saturated carbocycles. The molecule has 27 heavy (non-hydrogen) atoms. The number of amides is 2. The van der Waals surface area contributed by atoms with Gasteiger partial charge in [0.15, 0.2) is 0 Å². The zero-order chi connectivity index (χ0) is 19.6. The Morgan fingerprint density at radius 1 is 1.00 bits per heavy atom. The molecule has 0 aliphatic carbocycles. The average molecular weight is 369 g/mol. The molecule has 0 bridgehead atoms. The van der Waals surface area contributed by atoms with Crippen LogP contribution in [0.1, 0.15) is 29.3 Å². The van der Waals surface area contributed by atoms with E-state index < -0.39 is 0 Å². The van der Waals surface area contributed by atoms with Crippen LogP contribution >= 0.6 is 0 Å². The van der Waals surface area contributed by atoms with E-state index in [0.29, 0.717) is 23.6 Å². The summed E-state index contributed by atoms with van der Waals surface area (Å²) in [6, 6.07) is 14.1. The van der Waals surface area contributed by atoms with Crippen molar-refractivity contribution in [2.24, 2.45) is 5.10 Å². The van der Waals surface area contributed by atoms with Crippen LogP contribution in [0.15, 0.2) is 53.6 Å². The molecule has 2 rings (SSSR count). The number of methoxy groups -OCH3 is 2. The molecule has 0 radical (unpaired) electrons. The molecule has 2 aromatic carbocycles. The number of carbonyl (C=O) groups excluding carboxylic acids is 2. The van der Waals surface area contributed by atoms with Crippen LogP contribution in [0.3, 0.4) is 0 Å². The average Bonchev–Trinajstić information content (AvgIpc) is 2.70. The Labute approximate surface area is 158 Å². The number of nitrogens with one attached hydrogen (secondary N) is 2. The maximum atomic E-state index is 12.1. The SMILES string of the molecule is COc1ccc(C(=O)NN=C(C)CC(=O)NCc2ccccc2OC)cc1. The highest BCUT2D eigenvalue weighted by Crippen LogP contribution is 2.16. The predicted octanol–water partition coefficient (Wildman–Crippen LogP) is 2.52. The van der Waals surface area contributed by atoms with Gasteiger partial charge in [0.1, 0.15) is 11.5 Å². The lowest BCUT2D eigenvalue weighted by molar-refractivity contribution is -0.120. The second kappa shape index (κ2) is 9.96. The Morgan fingerprint density at radius 3 is 2.37 bits per heavy atom. The number of ether oxygens (including phenoxy) is 2. The molecule has 142 valence electrons. The number of nitrogens with zero attached hydrogens (tertiary/aromatic N) is 1. The van der Waals surface area contributed by atoms with E-state index in [9.17, 15) is 9.59 Å². The third-order valence-corrected chi connectivity index (χ3v) is 3.79. The number of para-hydroxylation sites is 1. The summed E-state index contributed by atoms with van der Waals surface area (Å²) in [5.74, 6) is 0.833. The maximum Gasteiger partial charge on any atom is 0.271 e. The molecular weight excluding hydrogens is 346 g/mol. The Bertz CT molecular complexity index is 816. The van der Waals surface area contributed by atoms with E-state index in [2.05, 4.69) is 15.8 Å². The van der Waals surface area contributed by atoms with Gasteiger partial charge in [0, 0.05) is 23.4 Å². The van der Waals surface area contributed by atoms with Crippen molar-refractivity contribution < 1.29 is 19.1 Å². The summed E-state index contributed by atoms with van der Waals surface area (Å²) in [6.45, 7) is 2.03. The van der Waals surface area contributed by atoms with E-state index in [1.54, 1.807) is 45.4 Å². The summed E-state index contributed by atoms with van der Waals surface area (Å²) in [6.07, 6.45) is 0.0814. The fourth-order valence-corrected chi connectivity index (χ4v) is 2.33. The third-order valence-electron chi connectivity index (χ3n) is 3.79. The minimum absolute atomic E-state index is 0.0814. The van der Waals surface area contributed by atoms with Crippen LogP contribution < -0.4 is 20.2 Å². The van der Waals surface area contributed by atoms with Crippen molar-refractivity contribution in [3.8, 4) is 11.5 Å². The number of hydrazone groups is 1. The molecule has 0 unspecified atom stereocenters. The van der Waals surface area contributed by atoms with Gasteiger partial charge in [-0.3, -0.25) is 9.59 Å². The van der Waals surface area contributed by atoms with Crippen molar-refractivity contribution in [2.45, 2.75) is 19.9 Å². The first-order chi connectivity index (χ1) is 13.0. The fourth-order valence-electron chi connectivity index (χ4n) is 2.33. The smallest absolute Gasteiger partial charge is 0.271 e. The summed E-state index contributed by atoms with van der Waals surface area (Å²) in [7, 11) is 3.14. The lowest BCUT2D eigenvalue weighted by Gasteiger charge is -2.09.